The van der Waals surface area contributed by atoms with Crippen molar-refractivity contribution in [3.63, 3.8) is 0 Å². The number of rotatable bonds is 20. The Morgan fingerprint density at radius 2 is 1.45 bits per heavy atom. The van der Waals surface area contributed by atoms with Gasteiger partial charge in [-0.15, -0.1) is 0 Å². The molecule has 1 saturated heterocycles. The largest absolute Gasteiger partial charge is 0.480 e. The Morgan fingerprint density at radius 1 is 0.886 bits per heavy atom. The van der Waals surface area contributed by atoms with Crippen LogP contribution in [0.5, 0.6) is 0 Å². The Hall–Kier alpha value is -4.48. The molecule has 5 atom stereocenters. The lowest BCUT2D eigenvalue weighted by molar-refractivity contribution is -0.143. The number of aliphatic carboxylic acids is 1. The van der Waals surface area contributed by atoms with Gasteiger partial charge in [0.25, 0.3) is 0 Å². The van der Waals surface area contributed by atoms with E-state index < -0.39 is 78.1 Å². The van der Waals surface area contributed by atoms with Crippen LogP contribution in [0.25, 0.3) is 0 Å². The molecule has 1 aliphatic rings. The van der Waals surface area contributed by atoms with E-state index >= 15 is 0 Å². The molecule has 18 nitrogen and oxygen atoms in total. The normalized spacial score (nSPS) is 16.9. The van der Waals surface area contributed by atoms with Gasteiger partial charge in [-0.2, -0.15) is 0 Å². The van der Waals surface area contributed by atoms with Gasteiger partial charge < -0.3 is 54.6 Å². The number of hydrogen-bond acceptors (Lipinski definition) is 9. The van der Waals surface area contributed by atoms with Crippen LogP contribution in [-0.4, -0.2) is 95.8 Å². The molecule has 0 aromatic carbocycles. The molecule has 0 aromatic heterocycles. The molecule has 248 valence electrons. The predicted molar refractivity (Wildman–Crippen MR) is 158 cm³/mol. The summed E-state index contributed by atoms with van der Waals surface area (Å²) >= 11 is 0. The van der Waals surface area contributed by atoms with E-state index in [0.717, 1.165) is 0 Å². The van der Waals surface area contributed by atoms with E-state index in [1.165, 1.54) is 0 Å². The summed E-state index contributed by atoms with van der Waals surface area (Å²) in [5.74, 6) is -6.33. The molecule has 18 heteroatoms. The van der Waals surface area contributed by atoms with E-state index in [4.69, 9.17) is 22.9 Å². The molecule has 1 fully saturated rings. The van der Waals surface area contributed by atoms with Crippen LogP contribution >= 0.6 is 0 Å². The Kier molecular flexibility index (Phi) is 16.2. The molecule has 0 aliphatic carbocycles. The highest BCUT2D eigenvalue weighted by atomic mass is 16.4. The molecule has 0 bridgehead atoms. The highest BCUT2D eigenvalue weighted by Gasteiger charge is 2.34. The molecule has 14 N–H and O–H groups in total. The van der Waals surface area contributed by atoms with Gasteiger partial charge in [0.15, 0.2) is 5.96 Å². The van der Waals surface area contributed by atoms with Crippen molar-refractivity contribution < 1.29 is 38.7 Å². The van der Waals surface area contributed by atoms with E-state index in [2.05, 4.69) is 31.6 Å². The molecule has 0 unspecified atom stereocenters. The number of amides is 6. The topological polar surface area (TPSA) is 316 Å². The fourth-order valence-electron chi connectivity index (χ4n) is 4.34. The number of nitrogens with two attached hydrogens (primary N) is 4. The van der Waals surface area contributed by atoms with E-state index in [9.17, 15) is 38.7 Å². The Morgan fingerprint density at radius 3 is 1.95 bits per heavy atom. The van der Waals surface area contributed by atoms with Crippen molar-refractivity contribution in [2.45, 2.75) is 95.4 Å². The van der Waals surface area contributed by atoms with Crippen LogP contribution in [0, 0.1) is 5.92 Å². The molecule has 1 rings (SSSR count). The number of carboxylic acid groups (broad SMARTS) is 1. The molecule has 0 saturated carbocycles. The maximum atomic E-state index is 13.4. The smallest absolute Gasteiger partial charge is 0.326 e. The number of carbonyl (C=O) groups excluding carboxylic acids is 6. The van der Waals surface area contributed by atoms with Crippen molar-refractivity contribution in [2.75, 3.05) is 13.1 Å². The highest BCUT2D eigenvalue weighted by Crippen LogP contribution is 2.10. The van der Waals surface area contributed by atoms with Crippen LogP contribution in [0.3, 0.4) is 0 Å². The fourth-order valence-corrected chi connectivity index (χ4v) is 4.34. The van der Waals surface area contributed by atoms with E-state index in [1.54, 1.807) is 13.8 Å². The minimum atomic E-state index is -1.53. The van der Waals surface area contributed by atoms with E-state index in [1.807, 2.05) is 0 Å². The standard InChI is InChI=1S/C26H46N10O8/c1-13(2)20(25(43)44)36-24(42)17(12-18(28)37)35-22(40)14(6-3-4-10-27)33-21(39)15(7-5-11-31-26(29)30)34-23(41)16-8-9-19(38)32-16/h13-17,20H,3-12,27H2,1-2H3,(H2,28,37)(H,32,38)(H,33,39)(H,34,41)(H,35,40)(H,36,42)(H,43,44)(H4,29,30,31)/t14-,15-,16-,17-,20-/m0/s1. The van der Waals surface area contributed by atoms with Gasteiger partial charge in [0.2, 0.25) is 35.4 Å². The summed E-state index contributed by atoms with van der Waals surface area (Å²) < 4.78 is 0. The van der Waals surface area contributed by atoms with Crippen LogP contribution < -0.4 is 49.5 Å². The number of primary amides is 1. The summed E-state index contributed by atoms with van der Waals surface area (Å²) in [5.41, 5.74) is 21.5. The molecule has 6 amide bonds. The van der Waals surface area contributed by atoms with Crippen molar-refractivity contribution in [2.24, 2.45) is 33.8 Å². The minimum absolute atomic E-state index is 0.0741. The predicted octanol–water partition coefficient (Wildman–Crippen LogP) is -4.00. The Balaban J connectivity index is 3.15. The SMILES string of the molecule is CC(C)[C@H](NC(=O)[C@H](CC(N)=O)NC(=O)[C@H](CCCCN)NC(=O)[C@H](CCCN=C(N)N)NC(=O)[C@@H]1CCC(=O)N1)C(=O)O. The fraction of sp³-hybridized carbons (Fsp3) is 0.692. The summed E-state index contributed by atoms with van der Waals surface area (Å²) in [4.78, 5) is 91.2. The lowest BCUT2D eigenvalue weighted by Gasteiger charge is -2.26. The molecule has 44 heavy (non-hydrogen) atoms. The second-order valence-electron chi connectivity index (χ2n) is 10.8. The number of carboxylic acids is 1. The van der Waals surface area contributed by atoms with Crippen molar-refractivity contribution in [1.82, 2.24) is 26.6 Å². The average molecular weight is 627 g/mol. The first-order valence-electron chi connectivity index (χ1n) is 14.4. The summed E-state index contributed by atoms with van der Waals surface area (Å²) in [5, 5.41) is 21.8. The number of nitrogens with one attached hydrogen (secondary N) is 5. The number of carbonyl (C=O) groups is 7. The summed E-state index contributed by atoms with van der Waals surface area (Å²) in [6.45, 7) is 3.59. The van der Waals surface area contributed by atoms with E-state index in [0.29, 0.717) is 19.4 Å². The first kappa shape index (κ1) is 37.5. The van der Waals surface area contributed by atoms with Crippen molar-refractivity contribution in [1.29, 1.82) is 0 Å². The highest BCUT2D eigenvalue weighted by molar-refractivity contribution is 5.97. The van der Waals surface area contributed by atoms with Crippen molar-refractivity contribution in [3.05, 3.63) is 0 Å². The lowest BCUT2D eigenvalue weighted by atomic mass is 10.0. The summed E-state index contributed by atoms with van der Waals surface area (Å²) in [6.07, 6.45) is 1.10. The summed E-state index contributed by atoms with van der Waals surface area (Å²) in [7, 11) is 0. The van der Waals surface area contributed by atoms with Crippen LogP contribution in [0.1, 0.15) is 65.2 Å². The molecule has 1 aliphatic heterocycles. The second kappa shape index (κ2) is 18.9. The number of aliphatic imine (C=N–C) groups is 1. The Bertz CT molecular complexity index is 1080. The van der Waals surface area contributed by atoms with Gasteiger partial charge in [-0.3, -0.25) is 33.8 Å². The Labute approximate surface area is 255 Å². The first-order valence-corrected chi connectivity index (χ1v) is 14.4. The molecule has 0 radical (unpaired) electrons. The summed E-state index contributed by atoms with van der Waals surface area (Å²) in [6, 6.07) is -6.04. The molecular weight excluding hydrogens is 580 g/mol. The van der Waals surface area contributed by atoms with Gasteiger partial charge >= 0.3 is 5.97 Å². The lowest BCUT2D eigenvalue weighted by Crippen LogP contribution is -2.59. The van der Waals surface area contributed by atoms with Crippen LogP contribution in [0.2, 0.25) is 0 Å². The van der Waals surface area contributed by atoms with Crippen molar-refractivity contribution >= 4 is 47.4 Å². The quantitative estimate of drug-likeness (QED) is 0.0352. The van der Waals surface area contributed by atoms with Gasteiger partial charge in [-0.05, 0) is 51.0 Å². The zero-order valence-electron chi connectivity index (χ0n) is 25.1. The molecule has 0 aromatic rings. The molecular formula is C26H46N10O8. The first-order chi connectivity index (χ1) is 20.7. The third kappa shape index (κ3) is 13.7. The minimum Gasteiger partial charge on any atom is -0.480 e. The zero-order chi connectivity index (χ0) is 33.4. The van der Waals surface area contributed by atoms with Crippen LogP contribution in [0.15, 0.2) is 4.99 Å². The maximum Gasteiger partial charge on any atom is 0.326 e. The van der Waals surface area contributed by atoms with Crippen LogP contribution in [0.4, 0.5) is 0 Å². The molecule has 1 heterocycles. The molecule has 0 spiro atoms. The third-order valence-corrected chi connectivity index (χ3v) is 6.74. The number of hydrogen-bond donors (Lipinski definition) is 10. The number of guanidine groups is 1. The van der Waals surface area contributed by atoms with Crippen molar-refractivity contribution in [3.8, 4) is 0 Å². The van der Waals surface area contributed by atoms with E-state index in [-0.39, 0.29) is 50.5 Å². The number of nitrogens with zero attached hydrogens (tertiary/aromatic N) is 1. The van der Waals surface area contributed by atoms with Gasteiger partial charge in [0.05, 0.1) is 6.42 Å². The van der Waals surface area contributed by atoms with Gasteiger partial charge in [-0.25, -0.2) is 4.79 Å². The van der Waals surface area contributed by atoms with Gasteiger partial charge in [0.1, 0.15) is 30.2 Å². The zero-order valence-corrected chi connectivity index (χ0v) is 25.1. The average Bonchev–Trinajstić information content (AvgIpc) is 3.37. The van der Waals surface area contributed by atoms with Crippen LogP contribution in [-0.2, 0) is 33.6 Å². The van der Waals surface area contributed by atoms with Gasteiger partial charge in [-0.1, -0.05) is 13.8 Å². The van der Waals surface area contributed by atoms with Gasteiger partial charge in [0, 0.05) is 13.0 Å². The maximum absolute atomic E-state index is 13.4. The second-order valence-corrected chi connectivity index (χ2v) is 10.8. The monoisotopic (exact) mass is 626 g/mol. The number of unbranched alkanes of at least 4 members (excludes halogenated alkanes) is 1. The third-order valence-electron chi connectivity index (χ3n) is 6.74.